The van der Waals surface area contributed by atoms with Crippen molar-refractivity contribution in [2.75, 3.05) is 21.1 Å². The molecule has 1 nitrogen and oxygen atoms in total. The molecule has 0 saturated carbocycles. The molecule has 0 atom stereocenters. The lowest BCUT2D eigenvalue weighted by Crippen LogP contribution is -2.25. The molecule has 0 aromatic carbocycles. The fourth-order valence-electron chi connectivity index (χ4n) is 0. The van der Waals surface area contributed by atoms with Crippen LogP contribution in [-0.4, -0.2) is 25.6 Å². The normalized spacial score (nSPS) is 11.2. The molecule has 0 spiro atoms. The van der Waals surface area contributed by atoms with Crippen molar-refractivity contribution in [3.63, 3.8) is 0 Å². The lowest BCUT2D eigenvalue weighted by molar-refractivity contribution is -0.816. The molecule has 36 valence electrons. The van der Waals surface area contributed by atoms with Crippen LogP contribution in [0.3, 0.4) is 0 Å². The lowest BCUT2D eigenvalue weighted by Gasteiger charge is -2.15. The van der Waals surface area contributed by atoms with Crippen molar-refractivity contribution in [2.45, 2.75) is 0 Å². The van der Waals surface area contributed by atoms with Crippen LogP contribution in [0.15, 0.2) is 12.8 Å². The molecule has 0 radical (unpaired) electrons. The van der Waals surface area contributed by atoms with Crippen LogP contribution in [0.5, 0.6) is 0 Å². The first-order valence-electron chi connectivity index (χ1n) is 2.01. The Balaban J connectivity index is 3.45. The van der Waals surface area contributed by atoms with E-state index in [1.165, 1.54) is 0 Å². The molecule has 0 aromatic heterocycles. The van der Waals surface area contributed by atoms with E-state index in [9.17, 15) is 0 Å². The summed E-state index contributed by atoms with van der Waals surface area (Å²) >= 11 is 0. The highest BCUT2D eigenvalue weighted by Gasteiger charge is 1.94. The van der Waals surface area contributed by atoms with Gasteiger partial charge in [-0.15, -0.1) is 0 Å². The maximum atomic E-state index is 3.60. The van der Waals surface area contributed by atoms with Crippen molar-refractivity contribution in [3.05, 3.63) is 12.8 Å². The van der Waals surface area contributed by atoms with E-state index in [-0.39, 0.29) is 0 Å². The van der Waals surface area contributed by atoms with Gasteiger partial charge in [0.05, 0.1) is 27.3 Å². The fraction of sp³-hybridized carbons (Fsp3) is 0.600. The van der Waals surface area contributed by atoms with E-state index in [0.717, 1.165) is 4.48 Å². The molecule has 0 unspecified atom stereocenters. The number of hydrogen-bond donors (Lipinski definition) is 0. The second-order valence-electron chi connectivity index (χ2n) is 2.30. The summed E-state index contributed by atoms with van der Waals surface area (Å²) in [6, 6.07) is 0. The molecule has 0 fully saturated rings. The third-order valence-electron chi connectivity index (χ3n) is 0.548. The van der Waals surface area contributed by atoms with Gasteiger partial charge in [-0.3, -0.25) is 0 Å². The second kappa shape index (κ2) is 1.43. The highest BCUT2D eigenvalue weighted by Crippen LogP contribution is 1.85. The fourth-order valence-corrected chi connectivity index (χ4v) is 0. The van der Waals surface area contributed by atoms with Gasteiger partial charge in [0.15, 0.2) is 0 Å². The van der Waals surface area contributed by atoms with Crippen molar-refractivity contribution in [1.29, 1.82) is 0 Å². The summed E-state index contributed by atoms with van der Waals surface area (Å²) in [6.07, 6.45) is 1.88. The quantitative estimate of drug-likeness (QED) is 0.328. The molecule has 0 amide bonds. The maximum Gasteiger partial charge on any atom is 0.0879 e. The van der Waals surface area contributed by atoms with Crippen molar-refractivity contribution >= 4 is 0 Å². The molecule has 0 aliphatic heterocycles. The summed E-state index contributed by atoms with van der Waals surface area (Å²) in [5.74, 6) is 0. The summed E-state index contributed by atoms with van der Waals surface area (Å²) in [5, 5.41) is 0. The summed E-state index contributed by atoms with van der Waals surface area (Å²) in [7, 11) is 6.19. The summed E-state index contributed by atoms with van der Waals surface area (Å²) < 4.78 is 0.833. The molecule has 0 heterocycles. The van der Waals surface area contributed by atoms with Gasteiger partial charge >= 0.3 is 0 Å². The molecule has 0 N–H and O–H groups in total. The van der Waals surface area contributed by atoms with Crippen molar-refractivity contribution < 1.29 is 4.48 Å². The Labute approximate surface area is 39.5 Å². The van der Waals surface area contributed by atoms with E-state index in [4.69, 9.17) is 0 Å². The zero-order valence-corrected chi connectivity index (χ0v) is 4.73. The molecular formula is C5H12N+. The topological polar surface area (TPSA) is 0 Å². The smallest absolute Gasteiger partial charge is 0.0879 e. The van der Waals surface area contributed by atoms with Crippen LogP contribution in [0.4, 0.5) is 0 Å². The number of nitrogens with zero attached hydrogens (tertiary/aromatic N) is 1. The Morgan fingerprint density at radius 1 is 1.33 bits per heavy atom. The number of rotatable bonds is 1. The van der Waals surface area contributed by atoms with E-state index in [1.54, 1.807) is 0 Å². The zero-order valence-electron chi connectivity index (χ0n) is 4.73. The number of hydrogen-bond acceptors (Lipinski definition) is 0. The highest BCUT2D eigenvalue weighted by atomic mass is 16.0. The Morgan fingerprint density at radius 2 is 1.50 bits per heavy atom. The zero-order chi connectivity index (χ0) is 5.21. The summed E-state index contributed by atoms with van der Waals surface area (Å²) in [6.45, 7) is 3.60. The monoisotopic (exact) mass is 87.1 g/mol. The Bertz CT molecular complexity index is 49.4. The third kappa shape index (κ3) is 3.70. The molecule has 0 bridgehead atoms. The van der Waals surface area contributed by atoms with Gasteiger partial charge in [-0.25, -0.2) is 0 Å². The maximum absolute atomic E-state index is 3.60. The van der Waals surface area contributed by atoms with E-state index in [2.05, 4.69) is 27.7 Å². The average Bonchev–Trinajstić information content (AvgIpc) is 1.35. The molecule has 0 aliphatic carbocycles. The molecular weight excluding hydrogens is 75.1 g/mol. The van der Waals surface area contributed by atoms with Crippen LogP contribution in [0.1, 0.15) is 0 Å². The minimum absolute atomic E-state index is 0.833. The molecule has 0 aliphatic rings. The van der Waals surface area contributed by atoms with Crippen LogP contribution < -0.4 is 0 Å². The van der Waals surface area contributed by atoms with E-state index >= 15 is 0 Å². The van der Waals surface area contributed by atoms with Gasteiger partial charge in [-0.2, -0.15) is 0 Å². The molecule has 0 aromatic rings. The third-order valence-corrected chi connectivity index (χ3v) is 0.548. The van der Waals surface area contributed by atoms with Gasteiger partial charge < -0.3 is 4.48 Å². The van der Waals surface area contributed by atoms with Crippen molar-refractivity contribution in [3.8, 4) is 0 Å². The highest BCUT2D eigenvalue weighted by molar-refractivity contribution is 4.46. The van der Waals surface area contributed by atoms with Gasteiger partial charge in [0.1, 0.15) is 0 Å². The SMILES string of the molecule is C=C[15N+](C)(C)C. The van der Waals surface area contributed by atoms with Crippen LogP contribution in [-0.2, 0) is 0 Å². The van der Waals surface area contributed by atoms with Crippen molar-refractivity contribution in [2.24, 2.45) is 0 Å². The second-order valence-corrected chi connectivity index (χ2v) is 2.30. The Morgan fingerprint density at radius 3 is 1.50 bits per heavy atom. The van der Waals surface area contributed by atoms with Gasteiger partial charge in [0, 0.05) is 0 Å². The predicted molar refractivity (Wildman–Crippen MR) is 28.2 cm³/mol. The minimum Gasteiger partial charge on any atom is -0.305 e. The van der Waals surface area contributed by atoms with Crippen molar-refractivity contribution in [1.82, 2.24) is 0 Å². The minimum atomic E-state index is 0.833. The van der Waals surface area contributed by atoms with Crippen LogP contribution >= 0.6 is 0 Å². The predicted octanol–water partition coefficient (Wildman–Crippen LogP) is 0.836. The van der Waals surface area contributed by atoms with E-state index in [0.29, 0.717) is 0 Å². The first-order chi connectivity index (χ1) is 2.56. The average molecular weight is 87.2 g/mol. The Hall–Kier alpha value is -0.300. The van der Waals surface area contributed by atoms with Crippen LogP contribution in [0.25, 0.3) is 0 Å². The standard InChI is InChI=1S/C5H12N/c1-5-6(2,3)4/h5H,1H2,2-4H3/q+1/i6+1. The summed E-state index contributed by atoms with van der Waals surface area (Å²) in [5.41, 5.74) is 0. The van der Waals surface area contributed by atoms with Gasteiger partial charge in [0.25, 0.3) is 0 Å². The molecule has 1 heteroatoms. The van der Waals surface area contributed by atoms with Crippen LogP contribution in [0, 0.1) is 0 Å². The largest absolute Gasteiger partial charge is 0.305 e. The van der Waals surface area contributed by atoms with Gasteiger partial charge in [0.2, 0.25) is 0 Å². The van der Waals surface area contributed by atoms with Gasteiger partial charge in [-0.1, -0.05) is 0 Å². The molecule has 0 rings (SSSR count). The lowest BCUT2D eigenvalue weighted by atomic mass is 10.9. The summed E-state index contributed by atoms with van der Waals surface area (Å²) in [4.78, 5) is 0. The van der Waals surface area contributed by atoms with E-state index < -0.39 is 0 Å². The first-order valence-corrected chi connectivity index (χ1v) is 2.01. The first kappa shape index (κ1) is 5.70. The van der Waals surface area contributed by atoms with Crippen LogP contribution in [0.2, 0.25) is 0 Å². The van der Waals surface area contributed by atoms with E-state index in [1.807, 2.05) is 6.20 Å². The Kier molecular flexibility index (Phi) is 1.36. The van der Waals surface area contributed by atoms with Gasteiger partial charge in [-0.05, 0) is 6.58 Å². The molecule has 0 saturated heterocycles. The number of quaternary nitrogens is 1. The molecule has 6 heavy (non-hydrogen) atoms.